The number of hydrogen-bond acceptors (Lipinski definition) is 0. The second kappa shape index (κ2) is 9.79. The molecule has 0 saturated heterocycles. The van der Waals surface area contributed by atoms with Crippen LogP contribution in [0, 0.1) is 49.3 Å². The van der Waals surface area contributed by atoms with Crippen LogP contribution >= 0.6 is 0 Å². The predicted molar refractivity (Wildman–Crippen MR) is 70.7 cm³/mol. The van der Waals surface area contributed by atoms with E-state index in [0.717, 1.165) is 5.92 Å². The SMILES string of the molecule is CCCC[Si](CC)(CC)[Eu][CH2]CC(C)C. The van der Waals surface area contributed by atoms with Crippen LogP contribution in [0.1, 0.15) is 53.9 Å². The van der Waals surface area contributed by atoms with Gasteiger partial charge in [0.25, 0.3) is 0 Å². The van der Waals surface area contributed by atoms with E-state index in [1.807, 2.05) is 0 Å². The van der Waals surface area contributed by atoms with E-state index in [2.05, 4.69) is 34.6 Å². The van der Waals surface area contributed by atoms with E-state index < -0.39 is 1.12 Å². The van der Waals surface area contributed by atoms with Crippen LogP contribution in [-0.4, -0.2) is 1.12 Å². The van der Waals surface area contributed by atoms with Crippen LogP contribution in [0.25, 0.3) is 0 Å². The van der Waals surface area contributed by atoms with E-state index >= 15 is 0 Å². The first kappa shape index (κ1) is 16.8. The quantitative estimate of drug-likeness (QED) is 0.485. The molecule has 0 fully saturated rings. The van der Waals surface area contributed by atoms with Crippen molar-refractivity contribution in [3.05, 3.63) is 0 Å². The summed E-state index contributed by atoms with van der Waals surface area (Å²) in [5, 5.41) is 0. The molecule has 0 aromatic rings. The monoisotopic (exact) mass is 367 g/mol. The van der Waals surface area contributed by atoms with E-state index in [4.69, 9.17) is 0 Å². The van der Waals surface area contributed by atoms with Crippen LogP contribution in [0.4, 0.5) is 0 Å². The zero-order chi connectivity index (χ0) is 11.7. The van der Waals surface area contributed by atoms with Gasteiger partial charge < -0.3 is 0 Å². The van der Waals surface area contributed by atoms with E-state index in [-0.39, 0.29) is 43.4 Å². The van der Waals surface area contributed by atoms with Crippen molar-refractivity contribution in [2.75, 3.05) is 0 Å². The Kier molecular flexibility index (Phi) is 11.0. The number of unbranched alkanes of at least 4 members (excludes halogenated alkanes) is 1. The summed E-state index contributed by atoms with van der Waals surface area (Å²) in [5.41, 5.74) is 0. The normalized spacial score (nSPS) is 12.4. The standard InChI is InChI=1S/C8H19Si.C5H11.Eu/c1-4-7-8-9(5-2)6-3;1-4-5(2)3;/h4-8H2,1-3H3;5H,1,4H2,2-3H3;. The minimum absolute atomic E-state index is 0.164. The summed E-state index contributed by atoms with van der Waals surface area (Å²) in [5.74, 6) is 0.938. The van der Waals surface area contributed by atoms with Crippen LogP contribution in [0.2, 0.25) is 18.9 Å². The first-order valence-electron chi connectivity index (χ1n) is 6.70. The van der Waals surface area contributed by atoms with E-state index in [1.54, 1.807) is 18.9 Å². The molecule has 0 aliphatic carbocycles. The Bertz CT molecular complexity index is 141. The summed E-state index contributed by atoms with van der Waals surface area (Å²) >= 11 is 0.164. The Morgan fingerprint density at radius 2 is 1.67 bits per heavy atom. The third-order valence-corrected chi connectivity index (χ3v) is 22.8. The molecule has 93 valence electrons. The third-order valence-electron chi connectivity index (χ3n) is 3.31. The van der Waals surface area contributed by atoms with E-state index in [9.17, 15) is 0 Å². The molecule has 0 bridgehead atoms. The fourth-order valence-electron chi connectivity index (χ4n) is 1.83. The average Bonchev–Trinajstić information content (AvgIpc) is 2.23. The first-order chi connectivity index (χ1) is 7.10. The molecule has 0 radical (unpaired) electrons. The van der Waals surface area contributed by atoms with Gasteiger partial charge in [-0.2, -0.15) is 0 Å². The summed E-state index contributed by atoms with van der Waals surface area (Å²) in [4.78, 5) is 0. The molecule has 0 spiro atoms. The van der Waals surface area contributed by atoms with Gasteiger partial charge in [0.2, 0.25) is 0 Å². The number of hydrogen-bond donors (Lipinski definition) is 0. The Morgan fingerprint density at radius 1 is 1.07 bits per heavy atom. The van der Waals surface area contributed by atoms with Crippen molar-refractivity contribution >= 4 is 1.12 Å². The molecule has 0 aromatic carbocycles. The van der Waals surface area contributed by atoms with Gasteiger partial charge in [-0.3, -0.25) is 0 Å². The molecule has 0 N–H and O–H groups in total. The van der Waals surface area contributed by atoms with Gasteiger partial charge in [0.1, 0.15) is 0 Å². The van der Waals surface area contributed by atoms with Gasteiger partial charge in [0.15, 0.2) is 0 Å². The van der Waals surface area contributed by atoms with Gasteiger partial charge in [-0.05, 0) is 0 Å². The third kappa shape index (κ3) is 7.68. The molecule has 15 heavy (non-hydrogen) atoms. The van der Waals surface area contributed by atoms with Crippen molar-refractivity contribution in [1.82, 2.24) is 0 Å². The van der Waals surface area contributed by atoms with Crippen molar-refractivity contribution in [3.8, 4) is 0 Å². The van der Waals surface area contributed by atoms with Crippen LogP contribution in [0.5, 0.6) is 0 Å². The van der Waals surface area contributed by atoms with Crippen molar-refractivity contribution in [1.29, 1.82) is 0 Å². The van der Waals surface area contributed by atoms with Gasteiger partial charge >= 0.3 is 123 Å². The van der Waals surface area contributed by atoms with Crippen molar-refractivity contribution in [2.45, 2.75) is 72.8 Å². The Labute approximate surface area is 121 Å². The summed E-state index contributed by atoms with van der Waals surface area (Å²) < 4.78 is 0.970. The molecule has 0 aliphatic rings. The Morgan fingerprint density at radius 3 is 2.07 bits per heavy atom. The van der Waals surface area contributed by atoms with Crippen LogP contribution in [0.3, 0.4) is 0 Å². The number of rotatable bonds is 9. The van der Waals surface area contributed by atoms with Crippen molar-refractivity contribution in [3.63, 3.8) is 0 Å². The topological polar surface area (TPSA) is 0 Å². The average molecular weight is 366 g/mol. The van der Waals surface area contributed by atoms with Gasteiger partial charge in [0.05, 0.1) is 0 Å². The molecule has 0 aromatic heterocycles. The van der Waals surface area contributed by atoms with Gasteiger partial charge in [-0.25, -0.2) is 0 Å². The molecule has 0 atom stereocenters. The van der Waals surface area contributed by atoms with Crippen molar-refractivity contribution < 1.29 is 43.4 Å². The molecule has 0 aliphatic heterocycles. The summed E-state index contributed by atoms with van der Waals surface area (Å²) in [7, 11) is 0. The van der Waals surface area contributed by atoms with Gasteiger partial charge in [-0.1, -0.05) is 0 Å². The van der Waals surface area contributed by atoms with E-state index in [1.165, 1.54) is 19.3 Å². The van der Waals surface area contributed by atoms with Crippen LogP contribution in [0.15, 0.2) is 0 Å². The molecular weight excluding hydrogens is 336 g/mol. The summed E-state index contributed by atoms with van der Waals surface area (Å²) in [6.45, 7) is 12.1. The fourth-order valence-corrected chi connectivity index (χ4v) is 17.6. The van der Waals surface area contributed by atoms with Gasteiger partial charge in [0, 0.05) is 0 Å². The Hall–Kier alpha value is 1.80. The summed E-state index contributed by atoms with van der Waals surface area (Å²) in [6, 6.07) is 4.83. The minimum atomic E-state index is -0.678. The second-order valence-electron chi connectivity index (χ2n) is 4.97. The second-order valence-corrected chi connectivity index (χ2v) is 21.0. The molecule has 0 nitrogen and oxygen atoms in total. The molecule has 0 unspecified atom stereocenters. The Balaban J connectivity index is 3.99. The maximum absolute atomic E-state index is 2.48. The van der Waals surface area contributed by atoms with Crippen LogP contribution < -0.4 is 0 Å². The molecule has 0 saturated carbocycles. The predicted octanol–water partition coefficient (Wildman–Crippen LogP) is 5.32. The van der Waals surface area contributed by atoms with Crippen molar-refractivity contribution in [2.24, 2.45) is 5.92 Å². The van der Waals surface area contributed by atoms with Gasteiger partial charge in [-0.15, -0.1) is 0 Å². The molecule has 0 amide bonds. The maximum atomic E-state index is 2.48. The zero-order valence-electron chi connectivity index (χ0n) is 11.4. The fraction of sp³-hybridized carbons (Fsp3) is 1.00. The van der Waals surface area contributed by atoms with Crippen LogP contribution in [-0.2, 0) is 0 Å². The molecule has 2 heteroatoms. The summed E-state index contributed by atoms with van der Waals surface area (Å²) in [6.07, 6.45) is 4.45. The molecular formula is C13H30EuSi. The zero-order valence-corrected chi connectivity index (χ0v) is 14.8. The first-order valence-corrected chi connectivity index (χ1v) is 14.6. The van der Waals surface area contributed by atoms with E-state index in [0.29, 0.717) is 0 Å². The molecule has 0 heterocycles. The molecule has 0 rings (SSSR count).